The predicted octanol–water partition coefficient (Wildman–Crippen LogP) is 3.26. The van der Waals surface area contributed by atoms with E-state index in [4.69, 9.17) is 9.47 Å². The topological polar surface area (TPSA) is 96.4 Å². The minimum absolute atomic E-state index is 0.0517. The number of carbonyl (C=O) groups excluding carboxylic acids is 3. The SMILES string of the molecule is CCCCC(CC)C(=O)Oc1ccccc1C(=O)N(O)C1=CC(=O)C2OC2C1. The minimum Gasteiger partial charge on any atom is -0.425 e. The Morgan fingerprint density at radius 1 is 1.32 bits per heavy atom. The summed E-state index contributed by atoms with van der Waals surface area (Å²) in [5.41, 5.74) is 0.222. The number of ketones is 1. The largest absolute Gasteiger partial charge is 0.425 e. The van der Waals surface area contributed by atoms with Crippen LogP contribution in [0.1, 0.15) is 56.3 Å². The molecule has 0 radical (unpaired) electrons. The standard InChI is InChI=1S/C21H25NO6/c1-3-5-8-13(4-2)21(25)28-17-10-7-6-9-15(17)20(24)22(26)14-11-16(23)19-18(12-14)27-19/h6-7,9-11,13,18-19,26H,3-5,8,12H2,1-2H3. The fourth-order valence-corrected chi connectivity index (χ4v) is 3.32. The van der Waals surface area contributed by atoms with Gasteiger partial charge < -0.3 is 9.47 Å². The summed E-state index contributed by atoms with van der Waals surface area (Å²) < 4.78 is 10.7. The molecule has 7 nitrogen and oxygen atoms in total. The van der Waals surface area contributed by atoms with Crippen molar-refractivity contribution in [2.45, 2.75) is 58.2 Å². The molecule has 1 heterocycles. The normalized spacial score (nSPS) is 21.4. The van der Waals surface area contributed by atoms with Gasteiger partial charge in [0.25, 0.3) is 5.91 Å². The molecule has 3 atom stereocenters. The molecule has 1 amide bonds. The Morgan fingerprint density at radius 2 is 2.07 bits per heavy atom. The van der Waals surface area contributed by atoms with Gasteiger partial charge in [0.1, 0.15) is 11.9 Å². The molecule has 1 N–H and O–H groups in total. The maximum Gasteiger partial charge on any atom is 0.314 e. The van der Waals surface area contributed by atoms with Crippen LogP contribution in [0.2, 0.25) is 0 Å². The molecule has 1 saturated heterocycles. The number of rotatable bonds is 8. The first-order valence-electron chi connectivity index (χ1n) is 9.70. The van der Waals surface area contributed by atoms with Gasteiger partial charge in [0, 0.05) is 12.5 Å². The molecule has 0 saturated carbocycles. The molecule has 3 unspecified atom stereocenters. The summed E-state index contributed by atoms with van der Waals surface area (Å²) in [5.74, 6) is -1.56. The lowest BCUT2D eigenvalue weighted by atomic mass is 9.99. The number of hydroxylamine groups is 2. The summed E-state index contributed by atoms with van der Waals surface area (Å²) in [6.45, 7) is 3.98. The molecular weight excluding hydrogens is 362 g/mol. The van der Waals surface area contributed by atoms with E-state index in [-0.39, 0.29) is 47.2 Å². The molecule has 150 valence electrons. The Balaban J connectivity index is 1.75. The second-order valence-corrected chi connectivity index (χ2v) is 7.12. The van der Waals surface area contributed by atoms with Crippen molar-refractivity contribution in [2.75, 3.05) is 0 Å². The third-order valence-electron chi connectivity index (χ3n) is 5.11. The predicted molar refractivity (Wildman–Crippen MR) is 99.7 cm³/mol. The van der Waals surface area contributed by atoms with E-state index in [0.29, 0.717) is 11.5 Å². The van der Waals surface area contributed by atoms with Gasteiger partial charge in [0.15, 0.2) is 5.78 Å². The van der Waals surface area contributed by atoms with Gasteiger partial charge in [-0.25, -0.2) is 0 Å². The number of esters is 1. The van der Waals surface area contributed by atoms with Gasteiger partial charge in [-0.05, 0) is 25.0 Å². The van der Waals surface area contributed by atoms with E-state index in [1.807, 2.05) is 6.92 Å². The Morgan fingerprint density at radius 3 is 2.75 bits per heavy atom. The van der Waals surface area contributed by atoms with Crippen LogP contribution >= 0.6 is 0 Å². The minimum atomic E-state index is -0.761. The van der Waals surface area contributed by atoms with E-state index in [0.717, 1.165) is 19.3 Å². The zero-order chi connectivity index (χ0) is 20.3. The van der Waals surface area contributed by atoms with Crippen molar-refractivity contribution in [2.24, 2.45) is 5.92 Å². The van der Waals surface area contributed by atoms with E-state index >= 15 is 0 Å². The number of para-hydroxylation sites is 1. The molecule has 1 aliphatic heterocycles. The number of carbonyl (C=O) groups is 3. The van der Waals surface area contributed by atoms with Crippen LogP contribution in [0.4, 0.5) is 0 Å². The molecule has 0 aromatic heterocycles. The molecule has 1 aliphatic carbocycles. The Hall–Kier alpha value is -2.51. The first kappa shape index (κ1) is 20.2. The van der Waals surface area contributed by atoms with Gasteiger partial charge in [-0.1, -0.05) is 38.8 Å². The van der Waals surface area contributed by atoms with Crippen molar-refractivity contribution < 1.29 is 29.1 Å². The van der Waals surface area contributed by atoms with Crippen molar-refractivity contribution >= 4 is 17.7 Å². The van der Waals surface area contributed by atoms with Crippen LogP contribution in [0.25, 0.3) is 0 Å². The highest BCUT2D eigenvalue weighted by molar-refractivity contribution is 6.01. The van der Waals surface area contributed by atoms with Crippen LogP contribution in [-0.2, 0) is 14.3 Å². The average molecular weight is 387 g/mol. The average Bonchev–Trinajstić information content (AvgIpc) is 3.48. The quantitative estimate of drug-likeness (QED) is 0.242. The van der Waals surface area contributed by atoms with E-state index in [9.17, 15) is 19.6 Å². The summed E-state index contributed by atoms with van der Waals surface area (Å²) >= 11 is 0. The number of nitrogens with zero attached hydrogens (tertiary/aromatic N) is 1. The van der Waals surface area contributed by atoms with Gasteiger partial charge in [0.05, 0.1) is 23.3 Å². The van der Waals surface area contributed by atoms with Crippen molar-refractivity contribution in [3.63, 3.8) is 0 Å². The fourth-order valence-electron chi connectivity index (χ4n) is 3.32. The highest BCUT2D eigenvalue weighted by atomic mass is 16.6. The van der Waals surface area contributed by atoms with E-state index in [1.165, 1.54) is 18.2 Å². The van der Waals surface area contributed by atoms with Crippen LogP contribution in [0.5, 0.6) is 5.75 Å². The third kappa shape index (κ3) is 4.31. The number of amides is 1. The fraction of sp³-hybridized carbons (Fsp3) is 0.476. The molecule has 0 bridgehead atoms. The molecule has 1 aromatic rings. The first-order valence-corrected chi connectivity index (χ1v) is 9.70. The lowest BCUT2D eigenvalue weighted by Crippen LogP contribution is -2.31. The zero-order valence-corrected chi connectivity index (χ0v) is 16.1. The molecule has 1 fully saturated rings. The highest BCUT2D eigenvalue weighted by Gasteiger charge is 2.48. The van der Waals surface area contributed by atoms with Gasteiger partial charge in [-0.15, -0.1) is 0 Å². The second-order valence-electron chi connectivity index (χ2n) is 7.12. The molecule has 2 aliphatic rings. The lowest BCUT2D eigenvalue weighted by molar-refractivity contribution is -0.139. The maximum atomic E-state index is 12.8. The van der Waals surface area contributed by atoms with E-state index in [1.54, 1.807) is 12.1 Å². The van der Waals surface area contributed by atoms with Gasteiger partial charge >= 0.3 is 5.97 Å². The van der Waals surface area contributed by atoms with E-state index < -0.39 is 12.0 Å². The zero-order valence-electron chi connectivity index (χ0n) is 16.1. The van der Waals surface area contributed by atoms with Crippen LogP contribution < -0.4 is 4.74 Å². The molecule has 7 heteroatoms. The van der Waals surface area contributed by atoms with E-state index in [2.05, 4.69) is 6.92 Å². The van der Waals surface area contributed by atoms with Crippen LogP contribution in [-0.4, -0.2) is 40.1 Å². The molecular formula is C21H25NO6. The molecule has 1 aromatic carbocycles. The first-order chi connectivity index (χ1) is 13.5. The maximum absolute atomic E-state index is 12.8. The summed E-state index contributed by atoms with van der Waals surface area (Å²) in [7, 11) is 0. The number of epoxide rings is 1. The summed E-state index contributed by atoms with van der Waals surface area (Å²) in [4.78, 5) is 37.1. The van der Waals surface area contributed by atoms with Crippen LogP contribution in [0.15, 0.2) is 36.0 Å². The summed E-state index contributed by atoms with van der Waals surface area (Å²) in [5, 5.41) is 10.8. The van der Waals surface area contributed by atoms with Crippen LogP contribution in [0.3, 0.4) is 0 Å². The number of hydrogen-bond donors (Lipinski definition) is 1. The van der Waals surface area contributed by atoms with Crippen molar-refractivity contribution in [1.82, 2.24) is 5.06 Å². The second kappa shape index (κ2) is 8.67. The number of unbranched alkanes of at least 4 members (excludes halogenated alkanes) is 1. The van der Waals surface area contributed by atoms with Crippen LogP contribution in [0, 0.1) is 5.92 Å². The molecule has 3 rings (SSSR count). The Labute approximate surface area is 163 Å². The van der Waals surface area contributed by atoms with Gasteiger partial charge in [-0.3, -0.25) is 19.6 Å². The number of fused-ring (bicyclic) bond motifs is 1. The third-order valence-corrected chi connectivity index (χ3v) is 5.11. The van der Waals surface area contributed by atoms with Crippen molar-refractivity contribution in [3.8, 4) is 5.75 Å². The summed E-state index contributed by atoms with van der Waals surface area (Å²) in [6.07, 6.45) is 4.04. The monoisotopic (exact) mass is 387 g/mol. The lowest BCUT2D eigenvalue weighted by Gasteiger charge is -2.21. The van der Waals surface area contributed by atoms with Crippen molar-refractivity contribution in [1.29, 1.82) is 0 Å². The van der Waals surface area contributed by atoms with Gasteiger partial charge in [-0.2, -0.15) is 5.06 Å². The Kier molecular flexibility index (Phi) is 6.26. The number of ether oxygens (including phenoxy) is 2. The number of benzene rings is 1. The molecule has 28 heavy (non-hydrogen) atoms. The molecule has 0 spiro atoms. The number of hydrogen-bond acceptors (Lipinski definition) is 6. The Bertz CT molecular complexity index is 802. The van der Waals surface area contributed by atoms with Gasteiger partial charge in [0.2, 0.25) is 0 Å². The highest BCUT2D eigenvalue weighted by Crippen LogP contribution is 2.35. The summed E-state index contributed by atoms with van der Waals surface area (Å²) in [6, 6.07) is 6.27. The smallest absolute Gasteiger partial charge is 0.314 e. The van der Waals surface area contributed by atoms with Crippen molar-refractivity contribution in [3.05, 3.63) is 41.6 Å².